The van der Waals surface area contributed by atoms with E-state index >= 15 is 0 Å². The Morgan fingerprint density at radius 2 is 1.39 bits per heavy atom. The van der Waals surface area contributed by atoms with E-state index in [9.17, 15) is 24.0 Å². The third-order valence-corrected chi connectivity index (χ3v) is 5.42. The van der Waals surface area contributed by atoms with E-state index in [1.165, 1.54) is 20.8 Å². The molecule has 0 bridgehead atoms. The monoisotopic (exact) mass is 489 g/mol. The van der Waals surface area contributed by atoms with Gasteiger partial charge in [0.05, 0.1) is 10.8 Å². The predicted molar refractivity (Wildman–Crippen MR) is 120 cm³/mol. The molecule has 1 fully saturated rings. The highest BCUT2D eigenvalue weighted by Crippen LogP contribution is 2.34. The Morgan fingerprint density at radius 1 is 0.848 bits per heavy atom. The molecule has 188 valence electrons. The number of ether oxygens (including phenoxy) is 4. The van der Waals surface area contributed by atoms with Crippen LogP contribution in [0.5, 0.6) is 0 Å². The Hall–Kier alpha value is -2.14. The molecule has 1 N–H and O–H groups in total. The highest BCUT2D eigenvalue weighted by molar-refractivity contribution is 8.14. The first kappa shape index (κ1) is 28.9. The van der Waals surface area contributed by atoms with Gasteiger partial charge in [0.15, 0.2) is 17.3 Å². The number of rotatable bonds is 6. The van der Waals surface area contributed by atoms with Crippen molar-refractivity contribution in [2.75, 3.05) is 6.61 Å². The molecule has 1 rings (SSSR count). The molecule has 0 aromatic rings. The van der Waals surface area contributed by atoms with Crippen molar-refractivity contribution < 1.29 is 42.9 Å². The van der Waals surface area contributed by atoms with E-state index in [0.717, 1.165) is 11.8 Å². The van der Waals surface area contributed by atoms with Crippen LogP contribution in [0, 0.1) is 10.8 Å². The normalized spacial score (nSPS) is 25.5. The van der Waals surface area contributed by atoms with Crippen LogP contribution in [-0.2, 0) is 42.9 Å². The summed E-state index contributed by atoms with van der Waals surface area (Å²) in [6.45, 7) is 13.4. The number of nitrogens with one attached hydrogen (secondary N) is 1. The molecule has 1 saturated heterocycles. The molecule has 1 aliphatic rings. The van der Waals surface area contributed by atoms with Crippen molar-refractivity contribution in [1.29, 1.82) is 0 Å². The molecular formula is C22H35NO9S. The lowest BCUT2D eigenvalue weighted by molar-refractivity contribution is -0.216. The summed E-state index contributed by atoms with van der Waals surface area (Å²) in [5.41, 5.74) is -2.69. The summed E-state index contributed by atoms with van der Waals surface area (Å²) in [4.78, 5) is 60.8. The summed E-state index contributed by atoms with van der Waals surface area (Å²) in [6, 6.07) is -1.01. The minimum absolute atomic E-state index is 0.312. The minimum Gasteiger partial charge on any atom is -0.462 e. The first-order chi connectivity index (χ1) is 14.9. The van der Waals surface area contributed by atoms with Gasteiger partial charge in [0.25, 0.3) is 0 Å². The van der Waals surface area contributed by atoms with E-state index in [2.05, 4.69) is 5.32 Å². The zero-order valence-electron chi connectivity index (χ0n) is 20.7. The summed E-state index contributed by atoms with van der Waals surface area (Å²) >= 11 is 0.780. The van der Waals surface area contributed by atoms with Gasteiger partial charge in [-0.1, -0.05) is 11.8 Å². The van der Waals surface area contributed by atoms with Crippen LogP contribution < -0.4 is 5.32 Å². The molecule has 1 aliphatic heterocycles. The summed E-state index contributed by atoms with van der Waals surface area (Å²) in [5, 5.41) is 2.33. The molecule has 11 heteroatoms. The molecule has 5 atom stereocenters. The van der Waals surface area contributed by atoms with Crippen LogP contribution in [0.25, 0.3) is 0 Å². The van der Waals surface area contributed by atoms with Crippen LogP contribution in [-0.4, -0.2) is 65.3 Å². The zero-order valence-corrected chi connectivity index (χ0v) is 21.5. The molecule has 0 aliphatic carbocycles. The Bertz CT molecular complexity index is 769. The van der Waals surface area contributed by atoms with E-state index in [1.807, 2.05) is 0 Å². The summed E-state index contributed by atoms with van der Waals surface area (Å²) in [7, 11) is 0. The second kappa shape index (κ2) is 11.3. The number of thioether (sulfide) groups is 1. The average Bonchev–Trinajstić information content (AvgIpc) is 2.61. The quantitative estimate of drug-likeness (QED) is 0.436. The lowest BCUT2D eigenvalue weighted by Gasteiger charge is -2.45. The van der Waals surface area contributed by atoms with E-state index < -0.39 is 64.4 Å². The molecule has 1 amide bonds. The van der Waals surface area contributed by atoms with Crippen molar-refractivity contribution >= 4 is 40.7 Å². The lowest BCUT2D eigenvalue weighted by atomic mass is 9.94. The van der Waals surface area contributed by atoms with Crippen LogP contribution in [0.15, 0.2) is 0 Å². The Kier molecular flexibility index (Phi) is 9.92. The number of hydrogen-bond acceptors (Lipinski definition) is 10. The molecule has 1 heterocycles. The van der Waals surface area contributed by atoms with Crippen molar-refractivity contribution in [3.63, 3.8) is 0 Å². The molecule has 10 nitrogen and oxygen atoms in total. The largest absolute Gasteiger partial charge is 0.462 e. The van der Waals surface area contributed by atoms with Crippen LogP contribution in [0.2, 0.25) is 0 Å². The number of amides is 1. The first-order valence-electron chi connectivity index (χ1n) is 10.6. The van der Waals surface area contributed by atoms with Gasteiger partial charge in [0, 0.05) is 20.8 Å². The fourth-order valence-corrected chi connectivity index (χ4v) is 3.73. The van der Waals surface area contributed by atoms with Crippen molar-refractivity contribution in [3.8, 4) is 0 Å². The van der Waals surface area contributed by atoms with Gasteiger partial charge in [-0.25, -0.2) is 0 Å². The second-order valence-electron chi connectivity index (χ2n) is 9.92. The summed E-state index contributed by atoms with van der Waals surface area (Å²) in [5.74, 6) is -2.28. The molecule has 0 radical (unpaired) electrons. The number of carbonyl (C=O) groups is 5. The molecule has 0 unspecified atom stereocenters. The second-order valence-corrected chi connectivity index (χ2v) is 11.2. The SMILES string of the molecule is CC(=O)N[C@@H]1[C@@H](OC(=O)C(C)(C)C)[C@@H](OC(C)=O)[C@@H](COC(=O)C(C)(C)C)O[C@H]1SC(C)=O. The van der Waals surface area contributed by atoms with Gasteiger partial charge >= 0.3 is 17.9 Å². The smallest absolute Gasteiger partial charge is 0.311 e. The van der Waals surface area contributed by atoms with E-state index in [-0.39, 0.29) is 11.7 Å². The molecule has 0 aromatic heterocycles. The van der Waals surface area contributed by atoms with Crippen molar-refractivity contribution in [3.05, 3.63) is 0 Å². The Labute approximate surface area is 198 Å². The first-order valence-corrected chi connectivity index (χ1v) is 11.5. The van der Waals surface area contributed by atoms with E-state index in [0.29, 0.717) is 0 Å². The standard InChI is InChI=1S/C22H35NO9S/c1-11(24)23-15-17(32-20(28)22(7,8)9)16(30-12(2)25)14(31-18(15)33-13(3)26)10-29-19(27)21(4,5)6/h14-18H,10H2,1-9H3,(H,23,24)/t14-,15-,16+,17-,18+/m1/s1. The molecule has 0 saturated carbocycles. The van der Waals surface area contributed by atoms with E-state index in [1.54, 1.807) is 41.5 Å². The maximum Gasteiger partial charge on any atom is 0.311 e. The molecule has 33 heavy (non-hydrogen) atoms. The molecule has 0 aromatic carbocycles. The number of carbonyl (C=O) groups excluding carboxylic acids is 5. The van der Waals surface area contributed by atoms with Gasteiger partial charge in [-0.15, -0.1) is 0 Å². The highest BCUT2D eigenvalue weighted by Gasteiger charge is 2.52. The van der Waals surface area contributed by atoms with Gasteiger partial charge in [-0.2, -0.15) is 0 Å². The van der Waals surface area contributed by atoms with Crippen molar-refractivity contribution in [2.24, 2.45) is 10.8 Å². The van der Waals surface area contributed by atoms with Gasteiger partial charge in [0.2, 0.25) is 5.91 Å². The fraction of sp³-hybridized carbons (Fsp3) is 0.773. The van der Waals surface area contributed by atoms with Crippen LogP contribution in [0.4, 0.5) is 0 Å². The average molecular weight is 490 g/mol. The Balaban J connectivity index is 3.43. The Morgan fingerprint density at radius 3 is 1.82 bits per heavy atom. The third-order valence-electron chi connectivity index (χ3n) is 4.45. The molecule has 0 spiro atoms. The third kappa shape index (κ3) is 8.96. The maximum absolute atomic E-state index is 12.8. The number of hydrogen-bond donors (Lipinski definition) is 1. The van der Waals surface area contributed by atoms with Gasteiger partial charge in [-0.3, -0.25) is 24.0 Å². The fourth-order valence-electron chi connectivity index (χ4n) is 2.84. The summed E-state index contributed by atoms with van der Waals surface area (Å²) in [6.07, 6.45) is -3.46. The molecular weight excluding hydrogens is 454 g/mol. The maximum atomic E-state index is 12.8. The van der Waals surface area contributed by atoms with Gasteiger partial charge in [-0.05, 0) is 41.5 Å². The van der Waals surface area contributed by atoms with E-state index in [4.69, 9.17) is 18.9 Å². The number of esters is 3. The lowest BCUT2D eigenvalue weighted by Crippen LogP contribution is -2.65. The zero-order chi connectivity index (χ0) is 25.7. The topological polar surface area (TPSA) is 134 Å². The highest BCUT2D eigenvalue weighted by atomic mass is 32.2. The minimum atomic E-state index is -1.21. The van der Waals surface area contributed by atoms with Gasteiger partial charge in [0.1, 0.15) is 24.2 Å². The predicted octanol–water partition coefficient (Wildman–Crippen LogP) is 1.97. The van der Waals surface area contributed by atoms with Crippen LogP contribution in [0.3, 0.4) is 0 Å². The van der Waals surface area contributed by atoms with Crippen LogP contribution >= 0.6 is 11.8 Å². The summed E-state index contributed by atoms with van der Waals surface area (Å²) < 4.78 is 22.5. The van der Waals surface area contributed by atoms with Crippen molar-refractivity contribution in [1.82, 2.24) is 5.32 Å². The van der Waals surface area contributed by atoms with Crippen molar-refractivity contribution in [2.45, 2.75) is 92.1 Å². The van der Waals surface area contributed by atoms with Gasteiger partial charge < -0.3 is 24.3 Å². The van der Waals surface area contributed by atoms with Crippen LogP contribution in [0.1, 0.15) is 62.3 Å².